The summed E-state index contributed by atoms with van der Waals surface area (Å²) < 4.78 is 13.7. The molecule has 0 bridgehead atoms. The number of nitrogens with one attached hydrogen (secondary N) is 1. The first-order valence-electron chi connectivity index (χ1n) is 6.92. The first kappa shape index (κ1) is 14.9. The van der Waals surface area contributed by atoms with Gasteiger partial charge in [0.2, 0.25) is 0 Å². The van der Waals surface area contributed by atoms with E-state index in [0.717, 1.165) is 31.4 Å². The Hall–Kier alpha value is -0.450. The third-order valence-electron chi connectivity index (χ3n) is 3.91. The monoisotopic (exact) mass is 329 g/mol. The number of hydrogen-bond donors (Lipinski definition) is 2. The molecular weight excluding hydrogens is 309 g/mol. The van der Waals surface area contributed by atoms with Crippen LogP contribution in [-0.4, -0.2) is 17.8 Å². The fourth-order valence-electron chi connectivity index (χ4n) is 2.69. The van der Waals surface area contributed by atoms with E-state index in [9.17, 15) is 9.50 Å². The zero-order valence-corrected chi connectivity index (χ0v) is 12.8. The molecule has 0 spiro atoms. The highest BCUT2D eigenvalue weighted by Gasteiger charge is 2.20. The Balaban J connectivity index is 1.86. The van der Waals surface area contributed by atoms with E-state index >= 15 is 0 Å². The molecule has 0 amide bonds. The summed E-state index contributed by atoms with van der Waals surface area (Å²) in [5.41, 5.74) is 1.07. The van der Waals surface area contributed by atoms with Crippen LogP contribution < -0.4 is 5.32 Å². The first-order valence-corrected chi connectivity index (χ1v) is 7.72. The van der Waals surface area contributed by atoms with Crippen LogP contribution in [0, 0.1) is 11.7 Å². The van der Waals surface area contributed by atoms with E-state index in [2.05, 4.69) is 28.2 Å². The van der Waals surface area contributed by atoms with Gasteiger partial charge in [-0.1, -0.05) is 12.5 Å². The second-order valence-corrected chi connectivity index (χ2v) is 6.34. The minimum absolute atomic E-state index is 0.129. The van der Waals surface area contributed by atoms with Crippen LogP contribution in [-0.2, 0) is 0 Å². The van der Waals surface area contributed by atoms with Crippen molar-refractivity contribution in [2.45, 2.75) is 44.8 Å². The Labute approximate surface area is 122 Å². The van der Waals surface area contributed by atoms with E-state index in [4.69, 9.17) is 0 Å². The van der Waals surface area contributed by atoms with Crippen molar-refractivity contribution in [2.24, 2.45) is 5.92 Å². The van der Waals surface area contributed by atoms with Crippen LogP contribution in [0.2, 0.25) is 0 Å². The number of halogens is 2. The Morgan fingerprint density at radius 1 is 1.47 bits per heavy atom. The van der Waals surface area contributed by atoms with E-state index in [0.29, 0.717) is 10.4 Å². The number of aliphatic hydroxyl groups excluding tert-OH is 1. The standard InChI is InChI=1S/C15H21BrFNO/c1-10(12-5-6-15(17)14(16)8-12)18-9-11-3-2-4-13(19)7-11/h5-6,8,10-11,13,18-19H,2-4,7,9H2,1H3. The molecule has 0 aromatic heterocycles. The average molecular weight is 330 g/mol. The smallest absolute Gasteiger partial charge is 0.137 e. The molecule has 2 rings (SSSR count). The highest BCUT2D eigenvalue weighted by molar-refractivity contribution is 9.10. The Kier molecular flexibility index (Phi) is 5.37. The average Bonchev–Trinajstić information content (AvgIpc) is 2.39. The summed E-state index contributed by atoms with van der Waals surface area (Å²) in [6.07, 6.45) is 4.01. The van der Waals surface area contributed by atoms with Crippen LogP contribution in [0.4, 0.5) is 4.39 Å². The third-order valence-corrected chi connectivity index (χ3v) is 4.52. The van der Waals surface area contributed by atoms with Gasteiger partial charge < -0.3 is 10.4 Å². The number of benzene rings is 1. The predicted octanol–water partition coefficient (Wildman–Crippen LogP) is 3.79. The largest absolute Gasteiger partial charge is 0.393 e. The molecule has 0 heterocycles. The molecule has 19 heavy (non-hydrogen) atoms. The summed E-state index contributed by atoms with van der Waals surface area (Å²) in [5, 5.41) is 13.1. The van der Waals surface area contributed by atoms with Gasteiger partial charge in [0.15, 0.2) is 0 Å². The molecule has 4 heteroatoms. The van der Waals surface area contributed by atoms with E-state index in [1.54, 1.807) is 0 Å². The Morgan fingerprint density at radius 2 is 2.26 bits per heavy atom. The van der Waals surface area contributed by atoms with Gasteiger partial charge in [-0.05, 0) is 72.3 Å². The lowest BCUT2D eigenvalue weighted by Gasteiger charge is -2.27. The molecule has 3 atom stereocenters. The van der Waals surface area contributed by atoms with Crippen molar-refractivity contribution in [1.82, 2.24) is 5.32 Å². The molecule has 2 nitrogen and oxygen atoms in total. The molecule has 1 aromatic rings. The number of rotatable bonds is 4. The minimum atomic E-state index is -0.230. The highest BCUT2D eigenvalue weighted by atomic mass is 79.9. The van der Waals surface area contributed by atoms with Gasteiger partial charge in [0, 0.05) is 6.04 Å². The maximum Gasteiger partial charge on any atom is 0.137 e. The van der Waals surface area contributed by atoms with Gasteiger partial charge in [0.1, 0.15) is 5.82 Å². The van der Waals surface area contributed by atoms with Crippen LogP contribution in [0.25, 0.3) is 0 Å². The molecule has 3 unspecified atom stereocenters. The summed E-state index contributed by atoms with van der Waals surface area (Å²) in [6, 6.07) is 5.31. The molecule has 0 aliphatic heterocycles. The van der Waals surface area contributed by atoms with E-state index in [1.165, 1.54) is 12.5 Å². The van der Waals surface area contributed by atoms with Crippen molar-refractivity contribution in [1.29, 1.82) is 0 Å². The lowest BCUT2D eigenvalue weighted by molar-refractivity contribution is 0.0998. The Morgan fingerprint density at radius 3 is 2.95 bits per heavy atom. The van der Waals surface area contributed by atoms with Crippen LogP contribution in [0.15, 0.2) is 22.7 Å². The SMILES string of the molecule is CC(NCC1CCCC(O)C1)c1ccc(F)c(Br)c1. The van der Waals surface area contributed by atoms with Gasteiger partial charge in [-0.15, -0.1) is 0 Å². The van der Waals surface area contributed by atoms with Crippen LogP contribution in [0.5, 0.6) is 0 Å². The zero-order valence-electron chi connectivity index (χ0n) is 11.2. The maximum absolute atomic E-state index is 13.2. The van der Waals surface area contributed by atoms with Gasteiger partial charge in [0.05, 0.1) is 10.6 Å². The van der Waals surface area contributed by atoms with Crippen molar-refractivity contribution in [2.75, 3.05) is 6.54 Å². The summed E-state index contributed by atoms with van der Waals surface area (Å²) >= 11 is 3.21. The van der Waals surface area contributed by atoms with Crippen molar-refractivity contribution in [3.05, 3.63) is 34.1 Å². The molecule has 106 valence electrons. The molecule has 1 aliphatic carbocycles. The van der Waals surface area contributed by atoms with Crippen molar-refractivity contribution < 1.29 is 9.50 Å². The lowest BCUT2D eigenvalue weighted by atomic mass is 9.87. The first-order chi connectivity index (χ1) is 9.06. The zero-order chi connectivity index (χ0) is 13.8. The quantitative estimate of drug-likeness (QED) is 0.880. The van der Waals surface area contributed by atoms with Crippen LogP contribution >= 0.6 is 15.9 Å². The molecular formula is C15H21BrFNO. The molecule has 1 aromatic carbocycles. The molecule has 1 fully saturated rings. The molecule has 2 N–H and O–H groups in total. The van der Waals surface area contributed by atoms with Gasteiger partial charge >= 0.3 is 0 Å². The van der Waals surface area contributed by atoms with Gasteiger partial charge in [-0.2, -0.15) is 0 Å². The minimum Gasteiger partial charge on any atom is -0.393 e. The van der Waals surface area contributed by atoms with Crippen molar-refractivity contribution >= 4 is 15.9 Å². The Bertz CT molecular complexity index is 427. The van der Waals surface area contributed by atoms with Gasteiger partial charge in [0.25, 0.3) is 0 Å². The number of aliphatic hydroxyl groups is 1. The third kappa shape index (κ3) is 4.26. The maximum atomic E-state index is 13.2. The number of hydrogen-bond acceptors (Lipinski definition) is 2. The topological polar surface area (TPSA) is 32.3 Å². The summed E-state index contributed by atoms with van der Waals surface area (Å²) in [5.74, 6) is 0.321. The van der Waals surface area contributed by atoms with E-state index in [1.807, 2.05) is 12.1 Å². The second-order valence-electron chi connectivity index (χ2n) is 5.49. The summed E-state index contributed by atoms with van der Waals surface area (Å²) in [4.78, 5) is 0. The van der Waals surface area contributed by atoms with Crippen molar-refractivity contribution in [3.8, 4) is 0 Å². The predicted molar refractivity (Wildman–Crippen MR) is 78.5 cm³/mol. The van der Waals surface area contributed by atoms with Gasteiger partial charge in [-0.3, -0.25) is 0 Å². The fraction of sp³-hybridized carbons (Fsp3) is 0.600. The normalized spacial score (nSPS) is 25.3. The van der Waals surface area contributed by atoms with Gasteiger partial charge in [-0.25, -0.2) is 4.39 Å². The van der Waals surface area contributed by atoms with E-state index < -0.39 is 0 Å². The summed E-state index contributed by atoms with van der Waals surface area (Å²) in [7, 11) is 0. The molecule has 0 radical (unpaired) electrons. The van der Waals surface area contributed by atoms with Crippen LogP contribution in [0.3, 0.4) is 0 Å². The fourth-order valence-corrected chi connectivity index (χ4v) is 3.09. The lowest BCUT2D eigenvalue weighted by Crippen LogP contribution is -2.30. The van der Waals surface area contributed by atoms with Crippen molar-refractivity contribution in [3.63, 3.8) is 0 Å². The molecule has 1 saturated carbocycles. The highest BCUT2D eigenvalue weighted by Crippen LogP contribution is 2.25. The van der Waals surface area contributed by atoms with E-state index in [-0.39, 0.29) is 18.0 Å². The molecule has 0 saturated heterocycles. The summed E-state index contributed by atoms with van der Waals surface area (Å²) in [6.45, 7) is 2.99. The molecule has 1 aliphatic rings. The van der Waals surface area contributed by atoms with Crippen LogP contribution in [0.1, 0.15) is 44.2 Å². The second kappa shape index (κ2) is 6.82.